The first kappa shape index (κ1) is 13.9. The van der Waals surface area contributed by atoms with Crippen LogP contribution in [0, 0.1) is 6.92 Å². The summed E-state index contributed by atoms with van der Waals surface area (Å²) in [5, 5.41) is 11.5. The Kier molecular flexibility index (Phi) is 3.83. The molecule has 0 radical (unpaired) electrons. The molecule has 0 aliphatic heterocycles. The number of rotatable bonds is 3. The Bertz CT molecular complexity index is 574. The molecule has 2 aromatic carbocycles. The number of hydrogen-bond donors (Lipinski definition) is 1. The largest absolute Gasteiger partial charge is 0.497 e. The first-order valence-electron chi connectivity index (χ1n) is 6.08. The molecule has 2 aromatic rings. The highest BCUT2D eigenvalue weighted by Crippen LogP contribution is 2.33. The zero-order chi connectivity index (χ0) is 14.0. The minimum Gasteiger partial charge on any atom is -0.497 e. The summed E-state index contributed by atoms with van der Waals surface area (Å²) in [4.78, 5) is 0. The number of hydrogen-bond acceptors (Lipinski definition) is 2. The SMILES string of the molecule is COc1ccc(C(C)(O)c2ccc(Cl)cc2)c(C)c1. The smallest absolute Gasteiger partial charge is 0.119 e. The first-order valence-corrected chi connectivity index (χ1v) is 6.46. The van der Waals surface area contributed by atoms with Crippen LogP contribution in [-0.2, 0) is 5.60 Å². The number of halogens is 1. The molecule has 3 heteroatoms. The fourth-order valence-electron chi connectivity index (χ4n) is 2.24. The highest BCUT2D eigenvalue weighted by molar-refractivity contribution is 6.30. The molecule has 1 unspecified atom stereocenters. The van der Waals surface area contributed by atoms with Crippen LogP contribution in [-0.4, -0.2) is 12.2 Å². The van der Waals surface area contributed by atoms with Crippen molar-refractivity contribution >= 4 is 11.6 Å². The summed E-state index contributed by atoms with van der Waals surface area (Å²) in [5.41, 5.74) is 1.60. The summed E-state index contributed by atoms with van der Waals surface area (Å²) in [6.45, 7) is 3.74. The molecule has 1 N–H and O–H groups in total. The molecule has 2 rings (SSSR count). The van der Waals surface area contributed by atoms with Crippen molar-refractivity contribution in [3.8, 4) is 5.75 Å². The molecule has 0 amide bonds. The van der Waals surface area contributed by atoms with Gasteiger partial charge in [-0.3, -0.25) is 0 Å². The van der Waals surface area contributed by atoms with Crippen LogP contribution in [0.3, 0.4) is 0 Å². The van der Waals surface area contributed by atoms with Crippen molar-refractivity contribution in [1.82, 2.24) is 0 Å². The van der Waals surface area contributed by atoms with Crippen molar-refractivity contribution in [3.05, 3.63) is 64.2 Å². The molecule has 2 nitrogen and oxygen atoms in total. The van der Waals surface area contributed by atoms with Crippen LogP contribution in [0.1, 0.15) is 23.6 Å². The summed E-state index contributed by atoms with van der Waals surface area (Å²) in [6.07, 6.45) is 0. The zero-order valence-electron chi connectivity index (χ0n) is 11.3. The summed E-state index contributed by atoms with van der Waals surface area (Å²) >= 11 is 5.88. The van der Waals surface area contributed by atoms with Gasteiger partial charge in [0.15, 0.2) is 0 Å². The number of methoxy groups -OCH3 is 1. The fraction of sp³-hybridized carbons (Fsp3) is 0.250. The van der Waals surface area contributed by atoms with E-state index in [0.717, 1.165) is 22.4 Å². The third kappa shape index (κ3) is 2.75. The van der Waals surface area contributed by atoms with Gasteiger partial charge in [-0.1, -0.05) is 29.8 Å². The predicted molar refractivity (Wildman–Crippen MR) is 77.9 cm³/mol. The Labute approximate surface area is 118 Å². The number of aryl methyl sites for hydroxylation is 1. The summed E-state index contributed by atoms with van der Waals surface area (Å²) in [7, 11) is 1.63. The maximum atomic E-state index is 10.8. The Morgan fingerprint density at radius 3 is 2.26 bits per heavy atom. The van der Waals surface area contributed by atoms with Crippen LogP contribution in [0.25, 0.3) is 0 Å². The molecule has 0 saturated heterocycles. The Morgan fingerprint density at radius 1 is 1.11 bits per heavy atom. The average molecular weight is 277 g/mol. The van der Waals surface area contributed by atoms with Crippen LogP contribution in [0.4, 0.5) is 0 Å². The van der Waals surface area contributed by atoms with Crippen molar-refractivity contribution in [2.75, 3.05) is 7.11 Å². The van der Waals surface area contributed by atoms with E-state index in [9.17, 15) is 5.11 Å². The Balaban J connectivity index is 2.46. The lowest BCUT2D eigenvalue weighted by molar-refractivity contribution is 0.101. The second-order valence-corrected chi connectivity index (χ2v) is 5.20. The van der Waals surface area contributed by atoms with Gasteiger partial charge < -0.3 is 9.84 Å². The summed E-state index contributed by atoms with van der Waals surface area (Å²) in [6, 6.07) is 12.9. The molecule has 100 valence electrons. The lowest BCUT2D eigenvalue weighted by Crippen LogP contribution is -2.23. The van der Waals surface area contributed by atoms with E-state index in [1.54, 1.807) is 26.2 Å². The maximum absolute atomic E-state index is 10.8. The number of benzene rings is 2. The quantitative estimate of drug-likeness (QED) is 0.921. The van der Waals surface area contributed by atoms with Gasteiger partial charge in [-0.15, -0.1) is 0 Å². The first-order chi connectivity index (χ1) is 8.95. The summed E-state index contributed by atoms with van der Waals surface area (Å²) in [5.74, 6) is 0.785. The van der Waals surface area contributed by atoms with Crippen molar-refractivity contribution in [1.29, 1.82) is 0 Å². The van der Waals surface area contributed by atoms with E-state index >= 15 is 0 Å². The molecule has 0 aliphatic carbocycles. The van der Waals surface area contributed by atoms with Crippen LogP contribution in [0.5, 0.6) is 5.75 Å². The Hall–Kier alpha value is -1.51. The highest BCUT2D eigenvalue weighted by atomic mass is 35.5. The molecule has 0 fully saturated rings. The second kappa shape index (κ2) is 5.24. The van der Waals surface area contributed by atoms with Crippen molar-refractivity contribution in [2.45, 2.75) is 19.4 Å². The molecule has 0 aromatic heterocycles. The van der Waals surface area contributed by atoms with E-state index in [4.69, 9.17) is 16.3 Å². The molecule has 1 atom stereocenters. The van der Waals surface area contributed by atoms with Crippen molar-refractivity contribution in [2.24, 2.45) is 0 Å². The molecule has 0 heterocycles. The normalized spacial score (nSPS) is 13.9. The predicted octanol–water partition coefficient (Wildman–Crippen LogP) is 3.91. The van der Waals surface area contributed by atoms with Crippen molar-refractivity contribution in [3.63, 3.8) is 0 Å². The lowest BCUT2D eigenvalue weighted by Gasteiger charge is -2.26. The van der Waals surface area contributed by atoms with Crippen LogP contribution < -0.4 is 4.74 Å². The molecular weight excluding hydrogens is 260 g/mol. The Morgan fingerprint density at radius 2 is 1.74 bits per heavy atom. The fourth-order valence-corrected chi connectivity index (χ4v) is 2.37. The van der Waals surface area contributed by atoms with E-state index < -0.39 is 5.60 Å². The van der Waals surface area contributed by atoms with Crippen LogP contribution >= 0.6 is 11.6 Å². The molecule has 0 aliphatic rings. The van der Waals surface area contributed by atoms with Gasteiger partial charge in [0.1, 0.15) is 11.4 Å². The molecule has 19 heavy (non-hydrogen) atoms. The van der Waals surface area contributed by atoms with Gasteiger partial charge in [0.05, 0.1) is 7.11 Å². The second-order valence-electron chi connectivity index (χ2n) is 4.76. The minimum absolute atomic E-state index is 0.658. The zero-order valence-corrected chi connectivity index (χ0v) is 12.0. The van der Waals surface area contributed by atoms with Gasteiger partial charge in [0, 0.05) is 5.02 Å². The number of ether oxygens (including phenoxy) is 1. The highest BCUT2D eigenvalue weighted by Gasteiger charge is 2.27. The average Bonchev–Trinajstić information content (AvgIpc) is 2.38. The van der Waals surface area contributed by atoms with Gasteiger partial charge in [-0.25, -0.2) is 0 Å². The van der Waals surface area contributed by atoms with Gasteiger partial charge in [-0.05, 0) is 54.8 Å². The van der Waals surface area contributed by atoms with E-state index in [1.165, 1.54) is 0 Å². The third-order valence-corrected chi connectivity index (χ3v) is 3.62. The van der Waals surface area contributed by atoms with Crippen molar-refractivity contribution < 1.29 is 9.84 Å². The number of aliphatic hydroxyl groups is 1. The van der Waals surface area contributed by atoms with E-state index in [-0.39, 0.29) is 0 Å². The van der Waals surface area contributed by atoms with Crippen LogP contribution in [0.2, 0.25) is 5.02 Å². The van der Waals surface area contributed by atoms with E-state index in [0.29, 0.717) is 5.02 Å². The lowest BCUT2D eigenvalue weighted by atomic mass is 9.85. The third-order valence-electron chi connectivity index (χ3n) is 3.36. The maximum Gasteiger partial charge on any atom is 0.119 e. The minimum atomic E-state index is -1.05. The van der Waals surface area contributed by atoms with Gasteiger partial charge in [-0.2, -0.15) is 0 Å². The molecular formula is C16H17ClO2. The molecule has 0 spiro atoms. The van der Waals surface area contributed by atoms with Gasteiger partial charge >= 0.3 is 0 Å². The van der Waals surface area contributed by atoms with E-state index in [1.807, 2.05) is 37.3 Å². The monoisotopic (exact) mass is 276 g/mol. The standard InChI is InChI=1S/C16H17ClO2/c1-11-10-14(19-3)8-9-15(11)16(2,18)12-4-6-13(17)7-5-12/h4-10,18H,1-3H3. The van der Waals surface area contributed by atoms with Gasteiger partial charge in [0.2, 0.25) is 0 Å². The molecule has 0 saturated carbocycles. The van der Waals surface area contributed by atoms with Gasteiger partial charge in [0.25, 0.3) is 0 Å². The van der Waals surface area contributed by atoms with Crippen LogP contribution in [0.15, 0.2) is 42.5 Å². The summed E-state index contributed by atoms with van der Waals surface area (Å²) < 4.78 is 5.19. The molecule has 0 bridgehead atoms. The van der Waals surface area contributed by atoms with E-state index in [2.05, 4.69) is 0 Å². The topological polar surface area (TPSA) is 29.5 Å².